The normalized spacial score (nSPS) is 22.9. The molecular weight excluding hydrogens is 432 g/mol. The number of nitrogens with zero attached hydrogens (tertiary/aromatic N) is 3. The Morgan fingerprint density at radius 3 is 2.97 bits per heavy atom. The molecular formula is C23H29ClN4O2S. The lowest BCUT2D eigenvalue weighted by Gasteiger charge is -2.29. The van der Waals surface area contributed by atoms with Crippen molar-refractivity contribution in [2.75, 3.05) is 19.8 Å². The third kappa shape index (κ3) is 4.66. The smallest absolute Gasteiger partial charge is 0.0965 e. The number of fused-ring (bicyclic) bond motifs is 1. The quantitative estimate of drug-likeness (QED) is 0.562. The van der Waals surface area contributed by atoms with E-state index in [4.69, 9.17) is 21.3 Å². The molecule has 2 saturated heterocycles. The fraction of sp³-hybridized carbons (Fsp3) is 0.565. The van der Waals surface area contributed by atoms with Gasteiger partial charge in [0.2, 0.25) is 0 Å². The highest BCUT2D eigenvalue weighted by molar-refractivity contribution is 7.10. The van der Waals surface area contributed by atoms with Crippen LogP contribution >= 0.6 is 22.9 Å². The lowest BCUT2D eigenvalue weighted by atomic mass is 9.97. The first-order chi connectivity index (χ1) is 15.2. The number of hydrogen-bond donors (Lipinski definition) is 2. The molecule has 2 aliphatic heterocycles. The topological polar surface area (TPSA) is 72.2 Å². The highest BCUT2D eigenvalue weighted by Gasteiger charge is 2.23. The number of nitrogens with one attached hydrogen (secondary N) is 1. The molecule has 0 aliphatic carbocycles. The first-order valence-electron chi connectivity index (χ1n) is 11.3. The van der Waals surface area contributed by atoms with Gasteiger partial charge in [0.05, 0.1) is 34.2 Å². The summed E-state index contributed by atoms with van der Waals surface area (Å²) < 4.78 is 7.72. The van der Waals surface area contributed by atoms with Gasteiger partial charge in [0.1, 0.15) is 0 Å². The van der Waals surface area contributed by atoms with Gasteiger partial charge in [0.25, 0.3) is 0 Å². The molecule has 0 radical (unpaired) electrons. The number of benzene rings is 1. The second-order valence-electron chi connectivity index (χ2n) is 8.63. The molecule has 4 heterocycles. The van der Waals surface area contributed by atoms with Gasteiger partial charge in [-0.3, -0.25) is 0 Å². The molecule has 5 rings (SSSR count). The Hall–Kier alpha value is -1.51. The van der Waals surface area contributed by atoms with Crippen molar-refractivity contribution in [3.05, 3.63) is 33.9 Å². The van der Waals surface area contributed by atoms with Gasteiger partial charge in [0.15, 0.2) is 0 Å². The van der Waals surface area contributed by atoms with Crippen LogP contribution in [0.25, 0.3) is 22.3 Å². The Bertz CT molecular complexity index is 1030. The van der Waals surface area contributed by atoms with E-state index in [1.54, 1.807) is 11.3 Å². The minimum atomic E-state index is -0.235. The van der Waals surface area contributed by atoms with Crippen LogP contribution in [-0.4, -0.2) is 51.5 Å². The van der Waals surface area contributed by atoms with Gasteiger partial charge in [-0.05, 0) is 57.2 Å². The number of aliphatic hydroxyl groups is 1. The number of imidazole rings is 1. The lowest BCUT2D eigenvalue weighted by Crippen LogP contribution is -2.44. The monoisotopic (exact) mass is 460 g/mol. The summed E-state index contributed by atoms with van der Waals surface area (Å²) in [6, 6.07) is 4.13. The Labute approximate surface area is 191 Å². The molecule has 1 aromatic carbocycles. The van der Waals surface area contributed by atoms with E-state index in [-0.39, 0.29) is 12.1 Å². The van der Waals surface area contributed by atoms with E-state index in [1.807, 2.05) is 18.5 Å². The summed E-state index contributed by atoms with van der Waals surface area (Å²) in [5, 5.41) is 17.7. The van der Waals surface area contributed by atoms with Crippen LogP contribution in [0.3, 0.4) is 0 Å². The molecule has 2 aliphatic rings. The predicted molar refractivity (Wildman–Crippen MR) is 125 cm³/mol. The van der Waals surface area contributed by atoms with Crippen molar-refractivity contribution in [2.45, 2.75) is 63.1 Å². The van der Waals surface area contributed by atoms with E-state index < -0.39 is 0 Å². The van der Waals surface area contributed by atoms with Crippen molar-refractivity contribution in [1.82, 2.24) is 19.9 Å². The summed E-state index contributed by atoms with van der Waals surface area (Å²) in [5.41, 5.74) is 4.01. The first kappa shape index (κ1) is 21.3. The van der Waals surface area contributed by atoms with Gasteiger partial charge < -0.3 is 19.7 Å². The van der Waals surface area contributed by atoms with Crippen LogP contribution in [0.15, 0.2) is 23.8 Å². The van der Waals surface area contributed by atoms with Crippen LogP contribution in [0.5, 0.6) is 0 Å². The number of ether oxygens (including phenoxy) is 1. The molecule has 0 unspecified atom stereocenters. The second kappa shape index (κ2) is 9.55. The molecule has 8 heteroatoms. The lowest BCUT2D eigenvalue weighted by molar-refractivity contribution is 0.0853. The Morgan fingerprint density at radius 1 is 1.26 bits per heavy atom. The molecule has 2 aromatic heterocycles. The zero-order chi connectivity index (χ0) is 21.2. The molecule has 0 amide bonds. The third-order valence-corrected chi connectivity index (χ3v) is 7.73. The van der Waals surface area contributed by atoms with Crippen LogP contribution in [0.4, 0.5) is 0 Å². The first-order valence-corrected chi connectivity index (χ1v) is 12.5. The number of aryl methyl sites for hydroxylation is 1. The molecule has 3 aromatic rings. The van der Waals surface area contributed by atoms with Crippen LogP contribution in [-0.2, 0) is 11.3 Å². The highest BCUT2D eigenvalue weighted by Crippen LogP contribution is 2.36. The van der Waals surface area contributed by atoms with E-state index in [0.29, 0.717) is 10.9 Å². The standard InChI is InChI=1S/C23H29ClN4O2S/c24-16-11-17(20-13-31-23(27-20)15-5-9-30-10-6-15)22-19(12-16)26-14-28(22)8-2-3-18-21(29)4-1-7-25-18/h11-15,18,21,25,29H,1-10H2/t18-,21+/m1/s1. The predicted octanol–water partition coefficient (Wildman–Crippen LogP) is 4.60. The van der Waals surface area contributed by atoms with E-state index in [2.05, 4.69) is 20.2 Å². The van der Waals surface area contributed by atoms with Crippen molar-refractivity contribution in [2.24, 2.45) is 0 Å². The number of rotatable bonds is 6. The number of piperidine rings is 1. The van der Waals surface area contributed by atoms with E-state index in [0.717, 1.165) is 87.1 Å². The summed E-state index contributed by atoms with van der Waals surface area (Å²) in [4.78, 5) is 9.62. The maximum Gasteiger partial charge on any atom is 0.0965 e. The SMILES string of the molecule is O[C@H]1CCCN[C@@H]1CCCn1cnc2cc(Cl)cc(-c3csc(C4CCOCC4)n3)c21. The van der Waals surface area contributed by atoms with Crippen LogP contribution < -0.4 is 5.32 Å². The maximum atomic E-state index is 10.2. The average molecular weight is 461 g/mol. The number of aliphatic hydroxyl groups excluding tert-OH is 1. The number of halogens is 1. The zero-order valence-electron chi connectivity index (χ0n) is 17.6. The third-order valence-electron chi connectivity index (χ3n) is 6.51. The molecule has 2 N–H and O–H groups in total. The summed E-state index contributed by atoms with van der Waals surface area (Å²) >= 11 is 8.17. The average Bonchev–Trinajstić information content (AvgIpc) is 3.43. The van der Waals surface area contributed by atoms with Gasteiger partial charge in [-0.25, -0.2) is 9.97 Å². The molecule has 31 heavy (non-hydrogen) atoms. The van der Waals surface area contributed by atoms with Gasteiger partial charge in [0, 0.05) is 47.7 Å². The highest BCUT2D eigenvalue weighted by atomic mass is 35.5. The summed E-state index contributed by atoms with van der Waals surface area (Å²) in [6.45, 7) is 3.49. The Kier molecular flexibility index (Phi) is 6.57. The minimum Gasteiger partial charge on any atom is -0.392 e. The fourth-order valence-corrected chi connectivity index (χ4v) is 6.00. The van der Waals surface area contributed by atoms with Gasteiger partial charge in [-0.2, -0.15) is 0 Å². The van der Waals surface area contributed by atoms with Crippen LogP contribution in [0.2, 0.25) is 5.02 Å². The number of aromatic nitrogens is 3. The molecule has 0 spiro atoms. The molecule has 2 atom stereocenters. The van der Waals surface area contributed by atoms with Gasteiger partial charge >= 0.3 is 0 Å². The summed E-state index contributed by atoms with van der Waals surface area (Å²) in [6.07, 6.45) is 7.63. The second-order valence-corrected chi connectivity index (χ2v) is 9.96. The van der Waals surface area contributed by atoms with Crippen LogP contribution in [0.1, 0.15) is 49.5 Å². The summed E-state index contributed by atoms with van der Waals surface area (Å²) in [5.74, 6) is 0.488. The maximum absolute atomic E-state index is 10.2. The molecule has 2 fully saturated rings. The van der Waals surface area contributed by atoms with Crippen LogP contribution in [0, 0.1) is 0 Å². The number of thiazole rings is 1. The largest absolute Gasteiger partial charge is 0.392 e. The number of hydrogen-bond acceptors (Lipinski definition) is 6. The van der Waals surface area contributed by atoms with Gasteiger partial charge in [-0.15, -0.1) is 11.3 Å². The molecule has 6 nitrogen and oxygen atoms in total. The van der Waals surface area contributed by atoms with E-state index in [1.165, 1.54) is 5.01 Å². The van der Waals surface area contributed by atoms with Crippen molar-refractivity contribution >= 4 is 34.0 Å². The van der Waals surface area contributed by atoms with Crippen molar-refractivity contribution in [1.29, 1.82) is 0 Å². The fourth-order valence-electron chi connectivity index (χ4n) is 4.79. The van der Waals surface area contributed by atoms with Crippen molar-refractivity contribution < 1.29 is 9.84 Å². The Balaban J connectivity index is 1.38. The zero-order valence-corrected chi connectivity index (χ0v) is 19.2. The Morgan fingerprint density at radius 2 is 2.13 bits per heavy atom. The van der Waals surface area contributed by atoms with E-state index >= 15 is 0 Å². The minimum absolute atomic E-state index is 0.193. The van der Waals surface area contributed by atoms with Gasteiger partial charge in [-0.1, -0.05) is 11.6 Å². The molecule has 0 saturated carbocycles. The molecule has 166 valence electrons. The van der Waals surface area contributed by atoms with E-state index in [9.17, 15) is 5.11 Å². The molecule has 0 bridgehead atoms. The van der Waals surface area contributed by atoms with Crippen molar-refractivity contribution in [3.8, 4) is 11.3 Å². The summed E-state index contributed by atoms with van der Waals surface area (Å²) in [7, 11) is 0. The van der Waals surface area contributed by atoms with Crippen molar-refractivity contribution in [3.63, 3.8) is 0 Å².